The van der Waals surface area contributed by atoms with Gasteiger partial charge >= 0.3 is 5.97 Å². The van der Waals surface area contributed by atoms with Crippen molar-refractivity contribution >= 4 is 16.0 Å². The van der Waals surface area contributed by atoms with E-state index < -0.39 is 26.7 Å². The first-order valence-corrected chi connectivity index (χ1v) is 6.56. The summed E-state index contributed by atoms with van der Waals surface area (Å²) in [4.78, 5) is 11.0. The Bertz CT molecular complexity index is 634. The molecule has 0 fully saturated rings. The number of carbonyl (C=O) groups is 1. The lowest BCUT2D eigenvalue weighted by Gasteiger charge is -2.16. The molecule has 0 radical (unpaired) electrons. The summed E-state index contributed by atoms with van der Waals surface area (Å²) >= 11 is 0. The number of nitrogens with zero attached hydrogens (tertiary/aromatic N) is 1. The summed E-state index contributed by atoms with van der Waals surface area (Å²) in [5.74, 6) is 0.512. The number of ether oxygens (including phenoxy) is 1. The summed E-state index contributed by atoms with van der Waals surface area (Å²) < 4.78 is 42.9. The molecule has 0 N–H and O–H groups in total. The van der Waals surface area contributed by atoms with E-state index in [-0.39, 0.29) is 12.1 Å². The van der Waals surface area contributed by atoms with E-state index in [2.05, 4.69) is 10.7 Å². The Morgan fingerprint density at radius 1 is 1.53 bits per heavy atom. The van der Waals surface area contributed by atoms with Crippen LogP contribution in [-0.2, 0) is 14.8 Å². The number of carbonyl (C=O) groups excluding carboxylic acids is 1. The number of terminal acetylenes is 1. The van der Waals surface area contributed by atoms with Gasteiger partial charge in [-0.3, -0.25) is 0 Å². The van der Waals surface area contributed by atoms with Gasteiger partial charge in [-0.25, -0.2) is 17.6 Å². The molecular formula is C12H12FNO4S. The zero-order valence-electron chi connectivity index (χ0n) is 10.4. The van der Waals surface area contributed by atoms with Gasteiger partial charge in [0.1, 0.15) is 5.82 Å². The van der Waals surface area contributed by atoms with Crippen LogP contribution in [0.5, 0.6) is 0 Å². The van der Waals surface area contributed by atoms with E-state index in [1.165, 1.54) is 7.05 Å². The molecule has 0 spiro atoms. The van der Waals surface area contributed by atoms with Gasteiger partial charge < -0.3 is 4.74 Å². The lowest BCUT2D eigenvalue weighted by molar-refractivity contribution is 0.0596. The lowest BCUT2D eigenvalue weighted by atomic mass is 10.2. The molecule has 19 heavy (non-hydrogen) atoms. The molecule has 0 aliphatic heterocycles. The maximum atomic E-state index is 13.2. The van der Waals surface area contributed by atoms with E-state index >= 15 is 0 Å². The average Bonchev–Trinajstić information content (AvgIpc) is 2.38. The van der Waals surface area contributed by atoms with Crippen molar-refractivity contribution in [2.75, 3.05) is 20.7 Å². The molecule has 102 valence electrons. The van der Waals surface area contributed by atoms with Crippen molar-refractivity contribution in [2.24, 2.45) is 0 Å². The zero-order chi connectivity index (χ0) is 14.6. The molecule has 0 unspecified atom stereocenters. The Kier molecular flexibility index (Phi) is 4.64. The minimum Gasteiger partial charge on any atom is -0.465 e. The molecule has 0 bridgehead atoms. The highest BCUT2D eigenvalue weighted by Crippen LogP contribution is 2.21. The van der Waals surface area contributed by atoms with Crippen LogP contribution in [0.25, 0.3) is 0 Å². The number of hydrogen-bond donors (Lipinski definition) is 0. The smallest absolute Gasteiger partial charge is 0.339 e. The van der Waals surface area contributed by atoms with Crippen LogP contribution in [0.15, 0.2) is 23.1 Å². The van der Waals surface area contributed by atoms with E-state index in [1.54, 1.807) is 0 Å². The zero-order valence-corrected chi connectivity index (χ0v) is 11.2. The molecule has 1 rings (SSSR count). The Hall–Kier alpha value is -1.91. The number of methoxy groups -OCH3 is 1. The fourth-order valence-corrected chi connectivity index (χ4v) is 2.64. The Labute approximate surface area is 111 Å². The SMILES string of the molecule is C#CCN(C)S(=O)(=O)c1cc(F)ccc1C(=O)OC. The molecule has 0 aliphatic rings. The number of halogens is 1. The van der Waals surface area contributed by atoms with Crippen LogP contribution in [0.4, 0.5) is 4.39 Å². The molecule has 0 saturated carbocycles. The standard InChI is InChI=1S/C12H12FNO4S/c1-4-7-14(2)19(16,17)11-8-9(13)5-6-10(11)12(15)18-3/h1,5-6,8H,7H2,2-3H3. The topological polar surface area (TPSA) is 63.7 Å². The highest BCUT2D eigenvalue weighted by atomic mass is 32.2. The third-order valence-corrected chi connectivity index (χ3v) is 4.19. The van der Waals surface area contributed by atoms with Gasteiger partial charge in [0, 0.05) is 7.05 Å². The predicted molar refractivity (Wildman–Crippen MR) is 66.4 cm³/mol. The molecule has 0 amide bonds. The molecular weight excluding hydrogens is 273 g/mol. The Balaban J connectivity index is 3.45. The van der Waals surface area contributed by atoms with Gasteiger partial charge in [0.05, 0.1) is 24.1 Å². The molecule has 1 aromatic carbocycles. The summed E-state index contributed by atoms with van der Waals surface area (Å²) in [7, 11) is -1.72. The predicted octanol–water partition coefficient (Wildman–Crippen LogP) is 0.866. The number of esters is 1. The first-order chi connectivity index (χ1) is 8.84. The number of hydrogen-bond acceptors (Lipinski definition) is 4. The van der Waals surface area contributed by atoms with Gasteiger partial charge in [-0.15, -0.1) is 6.42 Å². The van der Waals surface area contributed by atoms with E-state index in [1.807, 2.05) is 0 Å². The molecule has 0 aliphatic carbocycles. The van der Waals surface area contributed by atoms with Crippen LogP contribution in [0.3, 0.4) is 0 Å². The van der Waals surface area contributed by atoms with E-state index in [9.17, 15) is 17.6 Å². The van der Waals surface area contributed by atoms with Gasteiger partial charge in [-0.05, 0) is 18.2 Å². The molecule has 1 aromatic rings. The molecule has 7 heteroatoms. The van der Waals surface area contributed by atoms with Crippen molar-refractivity contribution < 1.29 is 22.3 Å². The highest BCUT2D eigenvalue weighted by Gasteiger charge is 2.27. The van der Waals surface area contributed by atoms with Gasteiger partial charge in [0.15, 0.2) is 0 Å². The van der Waals surface area contributed by atoms with Crippen molar-refractivity contribution in [3.63, 3.8) is 0 Å². The third kappa shape index (κ3) is 3.10. The molecule has 0 saturated heterocycles. The normalized spacial score (nSPS) is 11.1. The average molecular weight is 285 g/mol. The lowest BCUT2D eigenvalue weighted by Crippen LogP contribution is -2.29. The monoisotopic (exact) mass is 285 g/mol. The Morgan fingerprint density at radius 3 is 2.68 bits per heavy atom. The minimum absolute atomic E-state index is 0.195. The number of rotatable bonds is 4. The molecule has 5 nitrogen and oxygen atoms in total. The fourth-order valence-electron chi connectivity index (χ4n) is 1.37. The van der Waals surface area contributed by atoms with Crippen LogP contribution >= 0.6 is 0 Å². The maximum absolute atomic E-state index is 13.2. The van der Waals surface area contributed by atoms with E-state index in [4.69, 9.17) is 6.42 Å². The second-order valence-corrected chi connectivity index (χ2v) is 5.61. The maximum Gasteiger partial charge on any atom is 0.339 e. The quantitative estimate of drug-likeness (QED) is 0.608. The van der Waals surface area contributed by atoms with Crippen LogP contribution in [0, 0.1) is 18.2 Å². The van der Waals surface area contributed by atoms with Gasteiger partial charge in [-0.2, -0.15) is 4.31 Å². The first-order valence-electron chi connectivity index (χ1n) is 5.12. The van der Waals surface area contributed by atoms with Gasteiger partial charge in [0.25, 0.3) is 0 Å². The van der Waals surface area contributed by atoms with Crippen LogP contribution < -0.4 is 0 Å². The van der Waals surface area contributed by atoms with Crippen molar-refractivity contribution in [3.05, 3.63) is 29.6 Å². The summed E-state index contributed by atoms with van der Waals surface area (Å²) in [6.45, 7) is -0.195. The summed E-state index contributed by atoms with van der Waals surface area (Å²) in [5.41, 5.74) is -0.243. The minimum atomic E-state index is -4.06. The molecule has 0 aromatic heterocycles. The third-order valence-electron chi connectivity index (χ3n) is 2.35. The van der Waals surface area contributed by atoms with Crippen LogP contribution in [0.2, 0.25) is 0 Å². The summed E-state index contributed by atoms with van der Waals surface area (Å²) in [6.07, 6.45) is 5.04. The fraction of sp³-hybridized carbons (Fsp3) is 0.250. The van der Waals surface area contributed by atoms with Crippen molar-refractivity contribution in [1.82, 2.24) is 4.31 Å². The van der Waals surface area contributed by atoms with Crippen molar-refractivity contribution in [1.29, 1.82) is 0 Å². The van der Waals surface area contributed by atoms with Crippen LogP contribution in [0.1, 0.15) is 10.4 Å². The van der Waals surface area contributed by atoms with Gasteiger partial charge in [-0.1, -0.05) is 5.92 Å². The van der Waals surface area contributed by atoms with E-state index in [0.29, 0.717) is 0 Å². The first kappa shape index (κ1) is 15.1. The van der Waals surface area contributed by atoms with Gasteiger partial charge in [0.2, 0.25) is 10.0 Å². The summed E-state index contributed by atoms with van der Waals surface area (Å²) in [5, 5.41) is 0. The van der Waals surface area contributed by atoms with Crippen molar-refractivity contribution in [3.8, 4) is 12.3 Å². The summed E-state index contributed by atoms with van der Waals surface area (Å²) in [6, 6.07) is 2.79. The largest absolute Gasteiger partial charge is 0.465 e. The number of sulfonamides is 1. The second-order valence-electron chi connectivity index (χ2n) is 3.60. The second kappa shape index (κ2) is 5.82. The molecule has 0 atom stereocenters. The number of benzene rings is 1. The van der Waals surface area contributed by atoms with Crippen LogP contribution in [-0.4, -0.2) is 39.4 Å². The van der Waals surface area contributed by atoms with E-state index in [0.717, 1.165) is 29.6 Å². The Morgan fingerprint density at radius 2 is 2.16 bits per heavy atom. The molecule has 0 heterocycles. The highest BCUT2D eigenvalue weighted by molar-refractivity contribution is 7.89. The van der Waals surface area contributed by atoms with Crippen molar-refractivity contribution in [2.45, 2.75) is 4.90 Å².